The number of H-pyrrole nitrogens is 1. The van der Waals surface area contributed by atoms with Crippen molar-refractivity contribution >= 4 is 18.3 Å². The average molecular weight is 372 g/mol. The first-order valence-corrected chi connectivity index (χ1v) is 8.27. The van der Waals surface area contributed by atoms with Gasteiger partial charge in [0, 0.05) is 18.9 Å². The number of aromatic nitrogens is 2. The maximum Gasteiger partial charge on any atom is 0.252 e. The maximum absolute atomic E-state index is 12.2. The number of aryl methyl sites for hydroxylation is 1. The van der Waals surface area contributed by atoms with Gasteiger partial charge in [-0.2, -0.15) is 0 Å². The van der Waals surface area contributed by atoms with E-state index < -0.39 is 0 Å². The van der Waals surface area contributed by atoms with Crippen LogP contribution < -0.4 is 10.1 Å². The lowest BCUT2D eigenvalue weighted by Crippen LogP contribution is -2.24. The number of ether oxygens (including phenoxy) is 1. The van der Waals surface area contributed by atoms with Gasteiger partial charge in [-0.1, -0.05) is 12.1 Å². The van der Waals surface area contributed by atoms with E-state index in [1.807, 2.05) is 48.7 Å². The second kappa shape index (κ2) is 9.63. The highest BCUT2D eigenvalue weighted by molar-refractivity contribution is 5.94. The molecule has 0 aliphatic heterocycles. The molecule has 0 aliphatic rings. The number of carbonyl (C=O) groups is 1. The summed E-state index contributed by atoms with van der Waals surface area (Å²) in [6.45, 7) is 0.628. The standard InChI is InChI=1S/C20H21N3O2.ClH/c1-25-17-9-6-15(7-10-17)4-2-13-22-20(24)16-8-11-19(23-14-16)18-5-3-12-21-18;/h3,5-12,14,21H,2,4,13H2,1H3,(H,22,24);1H. The molecule has 0 atom stereocenters. The van der Waals surface area contributed by atoms with E-state index in [9.17, 15) is 4.79 Å². The van der Waals surface area contributed by atoms with E-state index in [1.54, 1.807) is 19.4 Å². The van der Waals surface area contributed by atoms with Crippen molar-refractivity contribution in [2.45, 2.75) is 12.8 Å². The molecule has 2 aromatic heterocycles. The Bertz CT molecular complexity index is 800. The summed E-state index contributed by atoms with van der Waals surface area (Å²) in [6.07, 6.45) is 5.25. The molecule has 136 valence electrons. The monoisotopic (exact) mass is 371 g/mol. The third-order valence-corrected chi connectivity index (χ3v) is 3.99. The van der Waals surface area contributed by atoms with Gasteiger partial charge in [-0.05, 0) is 54.8 Å². The molecular formula is C20H22ClN3O2. The molecule has 2 heterocycles. The zero-order chi connectivity index (χ0) is 17.5. The summed E-state index contributed by atoms with van der Waals surface area (Å²) in [4.78, 5) is 19.6. The summed E-state index contributed by atoms with van der Waals surface area (Å²) in [5.74, 6) is 0.757. The van der Waals surface area contributed by atoms with Crippen LogP contribution in [0.1, 0.15) is 22.3 Å². The Kier molecular flexibility index (Phi) is 7.24. The van der Waals surface area contributed by atoms with Gasteiger partial charge in [-0.15, -0.1) is 12.4 Å². The van der Waals surface area contributed by atoms with Gasteiger partial charge in [0.2, 0.25) is 0 Å². The highest BCUT2D eigenvalue weighted by Crippen LogP contribution is 2.14. The highest BCUT2D eigenvalue weighted by Gasteiger charge is 2.07. The molecule has 3 aromatic rings. The molecule has 2 N–H and O–H groups in total. The molecule has 0 spiro atoms. The lowest BCUT2D eigenvalue weighted by atomic mass is 10.1. The van der Waals surface area contributed by atoms with Crippen molar-refractivity contribution < 1.29 is 9.53 Å². The van der Waals surface area contributed by atoms with Crippen molar-refractivity contribution in [2.24, 2.45) is 0 Å². The van der Waals surface area contributed by atoms with Gasteiger partial charge in [-0.3, -0.25) is 9.78 Å². The Hall–Kier alpha value is -2.79. The molecule has 5 nitrogen and oxygen atoms in total. The number of methoxy groups -OCH3 is 1. The van der Waals surface area contributed by atoms with E-state index in [0.29, 0.717) is 12.1 Å². The maximum atomic E-state index is 12.2. The van der Waals surface area contributed by atoms with Crippen LogP contribution in [0.3, 0.4) is 0 Å². The smallest absolute Gasteiger partial charge is 0.252 e. The lowest BCUT2D eigenvalue weighted by Gasteiger charge is -2.06. The number of halogens is 1. The van der Waals surface area contributed by atoms with E-state index in [4.69, 9.17) is 4.74 Å². The summed E-state index contributed by atoms with van der Waals surface area (Å²) in [5, 5.41) is 2.93. The molecule has 0 saturated carbocycles. The predicted octanol–water partition coefficient (Wildman–Crippen LogP) is 3.87. The van der Waals surface area contributed by atoms with Crippen LogP contribution in [0.5, 0.6) is 5.75 Å². The van der Waals surface area contributed by atoms with Gasteiger partial charge in [0.1, 0.15) is 5.75 Å². The number of nitrogens with one attached hydrogen (secondary N) is 2. The molecule has 0 saturated heterocycles. The Labute approximate surface area is 159 Å². The van der Waals surface area contributed by atoms with E-state index >= 15 is 0 Å². The van der Waals surface area contributed by atoms with Crippen LogP contribution in [-0.2, 0) is 6.42 Å². The van der Waals surface area contributed by atoms with Crippen LogP contribution in [0.4, 0.5) is 0 Å². The third-order valence-electron chi connectivity index (χ3n) is 3.99. The predicted molar refractivity (Wildman–Crippen MR) is 105 cm³/mol. The van der Waals surface area contributed by atoms with Crippen LogP contribution in [0.25, 0.3) is 11.4 Å². The molecule has 0 unspecified atom stereocenters. The average Bonchev–Trinajstić information content (AvgIpc) is 3.20. The van der Waals surface area contributed by atoms with Gasteiger partial charge < -0.3 is 15.0 Å². The number of hydrogen-bond acceptors (Lipinski definition) is 3. The van der Waals surface area contributed by atoms with Crippen LogP contribution in [0, 0.1) is 0 Å². The summed E-state index contributed by atoms with van der Waals surface area (Å²) in [5.41, 5.74) is 3.55. The number of pyridine rings is 1. The largest absolute Gasteiger partial charge is 0.497 e. The van der Waals surface area contributed by atoms with Crippen molar-refractivity contribution in [3.63, 3.8) is 0 Å². The quantitative estimate of drug-likeness (QED) is 0.619. The number of hydrogen-bond donors (Lipinski definition) is 2. The van der Waals surface area contributed by atoms with Gasteiger partial charge in [0.25, 0.3) is 5.91 Å². The Morgan fingerprint density at radius 1 is 1.15 bits per heavy atom. The molecule has 1 aromatic carbocycles. The minimum atomic E-state index is -0.0970. The first-order chi connectivity index (χ1) is 12.3. The van der Waals surface area contributed by atoms with Crippen LogP contribution in [-0.4, -0.2) is 29.5 Å². The SMILES string of the molecule is COc1ccc(CCCNC(=O)c2ccc(-c3ccc[nH]3)nc2)cc1.Cl. The summed E-state index contributed by atoms with van der Waals surface area (Å²) >= 11 is 0. The lowest BCUT2D eigenvalue weighted by molar-refractivity contribution is 0.0953. The fourth-order valence-corrected chi connectivity index (χ4v) is 2.57. The second-order valence-electron chi connectivity index (χ2n) is 5.72. The first-order valence-electron chi connectivity index (χ1n) is 8.27. The van der Waals surface area contributed by atoms with Crippen molar-refractivity contribution in [2.75, 3.05) is 13.7 Å². The Balaban J connectivity index is 0.00000243. The van der Waals surface area contributed by atoms with Crippen molar-refractivity contribution in [1.82, 2.24) is 15.3 Å². The van der Waals surface area contributed by atoms with Gasteiger partial charge in [0.15, 0.2) is 0 Å². The van der Waals surface area contributed by atoms with Gasteiger partial charge in [0.05, 0.1) is 24.1 Å². The molecule has 6 heteroatoms. The minimum Gasteiger partial charge on any atom is -0.497 e. The molecule has 0 radical (unpaired) electrons. The molecule has 1 amide bonds. The Morgan fingerprint density at radius 3 is 2.58 bits per heavy atom. The van der Waals surface area contributed by atoms with Crippen LogP contribution >= 0.6 is 12.4 Å². The van der Waals surface area contributed by atoms with Crippen LogP contribution in [0.15, 0.2) is 60.9 Å². The molecule has 26 heavy (non-hydrogen) atoms. The van der Waals surface area contributed by atoms with Crippen molar-refractivity contribution in [1.29, 1.82) is 0 Å². The van der Waals surface area contributed by atoms with Crippen LogP contribution in [0.2, 0.25) is 0 Å². The number of carbonyl (C=O) groups excluding carboxylic acids is 1. The molecule has 0 fully saturated rings. The van der Waals surface area contributed by atoms with E-state index in [0.717, 1.165) is 30.0 Å². The zero-order valence-electron chi connectivity index (χ0n) is 14.6. The summed E-state index contributed by atoms with van der Waals surface area (Å²) in [6, 6.07) is 15.5. The van der Waals surface area contributed by atoms with E-state index in [2.05, 4.69) is 15.3 Å². The van der Waals surface area contributed by atoms with Crippen molar-refractivity contribution in [3.05, 3.63) is 72.1 Å². The second-order valence-corrected chi connectivity index (χ2v) is 5.72. The summed E-state index contributed by atoms with van der Waals surface area (Å²) in [7, 11) is 1.66. The molecule has 3 rings (SSSR count). The number of benzene rings is 1. The van der Waals surface area contributed by atoms with E-state index in [1.165, 1.54) is 5.56 Å². The van der Waals surface area contributed by atoms with E-state index in [-0.39, 0.29) is 18.3 Å². The van der Waals surface area contributed by atoms with Crippen molar-refractivity contribution in [3.8, 4) is 17.1 Å². The first kappa shape index (κ1) is 19.5. The van der Waals surface area contributed by atoms with Gasteiger partial charge in [-0.25, -0.2) is 0 Å². The number of nitrogens with zero attached hydrogens (tertiary/aromatic N) is 1. The highest BCUT2D eigenvalue weighted by atomic mass is 35.5. The fraction of sp³-hybridized carbons (Fsp3) is 0.200. The number of aromatic amines is 1. The zero-order valence-corrected chi connectivity index (χ0v) is 15.4. The van der Waals surface area contributed by atoms with Gasteiger partial charge >= 0.3 is 0 Å². The summed E-state index contributed by atoms with van der Waals surface area (Å²) < 4.78 is 5.14. The normalized spacial score (nSPS) is 10.0. The third kappa shape index (κ3) is 5.10. The number of rotatable bonds is 7. The molecule has 0 aliphatic carbocycles. The fourth-order valence-electron chi connectivity index (χ4n) is 2.57. The Morgan fingerprint density at radius 2 is 1.96 bits per heavy atom. The topological polar surface area (TPSA) is 67.0 Å². The molecule has 0 bridgehead atoms. The minimum absolute atomic E-state index is 0. The molecular weight excluding hydrogens is 350 g/mol. The number of amides is 1.